The van der Waals surface area contributed by atoms with Crippen LogP contribution in [0.1, 0.15) is 11.5 Å². The summed E-state index contributed by atoms with van der Waals surface area (Å²) < 4.78 is 0. The maximum Gasteiger partial charge on any atom is 2.00 e. The Bertz CT molecular complexity index is 337. The Kier molecular flexibility index (Phi) is 14.9. The van der Waals surface area contributed by atoms with Gasteiger partial charge in [0.25, 0.3) is 0 Å². The summed E-state index contributed by atoms with van der Waals surface area (Å²) in [6.07, 6.45) is 0. The van der Waals surface area contributed by atoms with Crippen LogP contribution in [0, 0.1) is 0 Å². The van der Waals surface area contributed by atoms with Crippen LogP contribution in [0.15, 0.2) is 54.6 Å². The van der Waals surface area contributed by atoms with Gasteiger partial charge in [-0.05, 0) is 19.0 Å². The molecule has 0 spiro atoms. The normalized spacial score (nSPS) is 13.9. The molecule has 1 saturated heterocycles. The molecule has 19 heavy (non-hydrogen) atoms. The minimum Gasteiger partial charge on any atom is -0.305 e. The predicted octanol–water partition coefficient (Wildman–Crippen LogP) is 2.04. The first kappa shape index (κ1) is 21.5. The molecule has 1 heterocycles. The third kappa shape index (κ3) is 8.14. The molecule has 5 heteroatoms. The van der Waals surface area contributed by atoms with Crippen LogP contribution in [0.4, 0.5) is 0 Å². The maximum atomic E-state index is 3.31. The van der Waals surface area contributed by atoms with E-state index in [1.807, 2.05) is 30.3 Å². The fourth-order valence-corrected chi connectivity index (χ4v) is 1.87. The molecule has 0 saturated carbocycles. The fraction of sp³-hybridized carbons (Fsp3) is 0.286. The van der Waals surface area contributed by atoms with E-state index in [4.69, 9.17) is 0 Å². The van der Waals surface area contributed by atoms with Crippen molar-refractivity contribution >= 4 is 0 Å². The second kappa shape index (κ2) is 13.2. The standard InChI is InChI=1S/C9H13N2.C5H5.3Fe/c1-2-4-8(3-1)9-5-10-7-11-6-9;1-2-4-5-3-1;;;/h1-4,9-11H,5-7H2;1-5H;;;/q2*-1;;;+2. The van der Waals surface area contributed by atoms with Gasteiger partial charge in [-0.3, -0.25) is 0 Å². The molecule has 0 atom stereocenters. The van der Waals surface area contributed by atoms with Gasteiger partial charge in [-0.1, -0.05) is 0 Å². The van der Waals surface area contributed by atoms with Gasteiger partial charge < -0.3 is 10.6 Å². The van der Waals surface area contributed by atoms with Crippen LogP contribution in [0.2, 0.25) is 0 Å². The average Bonchev–Trinajstić information content (AvgIpc) is 3.07. The molecule has 0 radical (unpaired) electrons. The first-order chi connectivity index (χ1) is 7.97. The fourth-order valence-electron chi connectivity index (χ4n) is 1.87. The molecule has 108 valence electrons. The first-order valence-corrected chi connectivity index (χ1v) is 5.76. The zero-order chi connectivity index (χ0) is 11.1. The van der Waals surface area contributed by atoms with Gasteiger partial charge >= 0.3 is 17.1 Å². The summed E-state index contributed by atoms with van der Waals surface area (Å²) in [6.45, 7) is 3.17. The summed E-state index contributed by atoms with van der Waals surface area (Å²) in [5.41, 5.74) is 1.45. The van der Waals surface area contributed by atoms with Crippen LogP contribution < -0.4 is 10.6 Å². The zero-order valence-electron chi connectivity index (χ0n) is 10.5. The maximum absolute atomic E-state index is 3.31. The number of hydrogen-bond acceptors (Lipinski definition) is 2. The monoisotopic (exact) mass is 382 g/mol. The smallest absolute Gasteiger partial charge is 0.305 e. The molecule has 0 unspecified atom stereocenters. The van der Waals surface area contributed by atoms with E-state index in [1.165, 1.54) is 5.56 Å². The third-order valence-electron chi connectivity index (χ3n) is 2.75. The van der Waals surface area contributed by atoms with Gasteiger partial charge in [0.15, 0.2) is 0 Å². The molecule has 2 aromatic carbocycles. The summed E-state index contributed by atoms with van der Waals surface area (Å²) in [5.74, 6) is 0.666. The van der Waals surface area contributed by atoms with Crippen LogP contribution >= 0.6 is 0 Å². The topological polar surface area (TPSA) is 24.1 Å². The molecule has 0 aromatic heterocycles. The molecule has 2 nitrogen and oxygen atoms in total. The van der Waals surface area contributed by atoms with Crippen LogP contribution in [0.25, 0.3) is 0 Å². The number of hydrogen-bond donors (Lipinski definition) is 2. The van der Waals surface area contributed by atoms with Crippen molar-refractivity contribution in [3.05, 3.63) is 60.2 Å². The molecule has 1 aliphatic heterocycles. The summed E-state index contributed by atoms with van der Waals surface area (Å²) in [4.78, 5) is 0. The molecule has 2 N–H and O–H groups in total. The van der Waals surface area contributed by atoms with E-state index in [-0.39, 0.29) is 51.2 Å². The zero-order valence-corrected chi connectivity index (χ0v) is 13.8. The van der Waals surface area contributed by atoms with E-state index in [0.717, 1.165) is 19.8 Å². The van der Waals surface area contributed by atoms with Gasteiger partial charge in [0.1, 0.15) is 0 Å². The Labute approximate surface area is 147 Å². The van der Waals surface area contributed by atoms with Crippen LogP contribution in [-0.4, -0.2) is 19.8 Å². The van der Waals surface area contributed by atoms with Gasteiger partial charge in [0, 0.05) is 40.8 Å². The Hall–Kier alpha value is 0.178. The van der Waals surface area contributed by atoms with Crippen molar-refractivity contribution in [2.45, 2.75) is 5.92 Å². The second-order valence-corrected chi connectivity index (χ2v) is 3.96. The minimum absolute atomic E-state index is 0. The quantitative estimate of drug-likeness (QED) is 0.583. The van der Waals surface area contributed by atoms with E-state index >= 15 is 0 Å². The Morgan fingerprint density at radius 1 is 0.895 bits per heavy atom. The largest absolute Gasteiger partial charge is 2.00 e. The molecular formula is C14H18Fe3N2. The summed E-state index contributed by atoms with van der Waals surface area (Å²) in [5, 5.41) is 6.62. The number of rotatable bonds is 1. The van der Waals surface area contributed by atoms with E-state index in [1.54, 1.807) is 0 Å². The van der Waals surface area contributed by atoms with Gasteiger partial charge in [-0.25, -0.2) is 24.3 Å². The summed E-state index contributed by atoms with van der Waals surface area (Å²) >= 11 is 0. The third-order valence-corrected chi connectivity index (χ3v) is 2.75. The van der Waals surface area contributed by atoms with E-state index in [0.29, 0.717) is 5.92 Å². The molecule has 0 amide bonds. The summed E-state index contributed by atoms with van der Waals surface area (Å²) in [6, 6.07) is 18.6. The van der Waals surface area contributed by atoms with Crippen molar-refractivity contribution in [3.8, 4) is 0 Å². The van der Waals surface area contributed by atoms with Crippen molar-refractivity contribution in [2.24, 2.45) is 0 Å². The van der Waals surface area contributed by atoms with Crippen molar-refractivity contribution in [3.63, 3.8) is 0 Å². The van der Waals surface area contributed by atoms with Crippen LogP contribution in [0.3, 0.4) is 0 Å². The van der Waals surface area contributed by atoms with Crippen molar-refractivity contribution in [1.29, 1.82) is 0 Å². The van der Waals surface area contributed by atoms with E-state index in [9.17, 15) is 0 Å². The second-order valence-electron chi connectivity index (χ2n) is 3.96. The Morgan fingerprint density at radius 2 is 1.42 bits per heavy atom. The predicted molar refractivity (Wildman–Crippen MR) is 67.7 cm³/mol. The molecule has 2 aromatic rings. The SMILES string of the molecule is [Fe+2].[Fe].[Fe].c1cc[c-](C2CNCNC2)c1.c1cc[cH-]c1. The Balaban J connectivity index is 0. The minimum atomic E-state index is 0. The molecule has 3 rings (SSSR count). The van der Waals surface area contributed by atoms with Gasteiger partial charge in [-0.15, -0.1) is 0 Å². The first-order valence-electron chi connectivity index (χ1n) is 5.76. The van der Waals surface area contributed by atoms with Crippen molar-refractivity contribution in [1.82, 2.24) is 10.6 Å². The van der Waals surface area contributed by atoms with Gasteiger partial charge in [-0.2, -0.15) is 35.9 Å². The molecular weight excluding hydrogens is 364 g/mol. The van der Waals surface area contributed by atoms with Crippen LogP contribution in [0.5, 0.6) is 0 Å². The Morgan fingerprint density at radius 3 is 1.84 bits per heavy atom. The van der Waals surface area contributed by atoms with E-state index in [2.05, 4.69) is 34.9 Å². The number of nitrogens with one attached hydrogen (secondary N) is 2. The van der Waals surface area contributed by atoms with Crippen molar-refractivity contribution < 1.29 is 51.2 Å². The van der Waals surface area contributed by atoms with Crippen LogP contribution in [-0.2, 0) is 51.2 Å². The van der Waals surface area contributed by atoms with E-state index < -0.39 is 0 Å². The average molecular weight is 382 g/mol. The summed E-state index contributed by atoms with van der Waals surface area (Å²) in [7, 11) is 0. The van der Waals surface area contributed by atoms with Gasteiger partial charge in [0.2, 0.25) is 0 Å². The van der Waals surface area contributed by atoms with Gasteiger partial charge in [0.05, 0.1) is 0 Å². The molecule has 1 fully saturated rings. The van der Waals surface area contributed by atoms with Crippen molar-refractivity contribution in [2.75, 3.05) is 19.8 Å². The molecule has 0 bridgehead atoms. The molecule has 1 aliphatic rings. The molecule has 0 aliphatic carbocycles.